The Kier molecular flexibility index (Phi) is 11.9. The smallest absolute Gasteiger partial charge is 0.330 e. The molecule has 0 saturated carbocycles. The summed E-state index contributed by atoms with van der Waals surface area (Å²) >= 11 is 0. The van der Waals surface area contributed by atoms with Crippen molar-refractivity contribution in [1.29, 1.82) is 0 Å². The first-order valence-corrected chi connectivity index (χ1v) is 11.8. The molecule has 0 bridgehead atoms. The highest BCUT2D eigenvalue weighted by atomic mass is 31.2. The monoisotopic (exact) mass is 371 g/mol. The molecule has 0 aliphatic rings. The third-order valence-corrected chi connectivity index (χ3v) is 7.29. The Morgan fingerprint density at radius 1 is 0.783 bits per heavy atom. The molecular formula is C15H33O6P2-. The van der Waals surface area contributed by atoms with E-state index in [1.165, 1.54) is 0 Å². The minimum absolute atomic E-state index is 0.272. The van der Waals surface area contributed by atoms with Crippen LogP contribution in [0.5, 0.6) is 0 Å². The lowest BCUT2D eigenvalue weighted by molar-refractivity contribution is -0.200. The van der Waals surface area contributed by atoms with Gasteiger partial charge in [-0.3, -0.25) is 4.57 Å². The van der Waals surface area contributed by atoms with Crippen LogP contribution in [0.2, 0.25) is 0 Å². The van der Waals surface area contributed by atoms with Crippen molar-refractivity contribution >= 4 is 15.2 Å². The Bertz CT molecular complexity index is 361. The van der Waals surface area contributed by atoms with Crippen molar-refractivity contribution in [3.8, 4) is 0 Å². The zero-order valence-corrected chi connectivity index (χ0v) is 16.7. The maximum absolute atomic E-state index is 11.5. The third kappa shape index (κ3) is 11.5. The minimum Gasteiger partial charge on any atom is -0.778 e. The number of hydrogen-bond acceptors (Lipinski definition) is 5. The van der Waals surface area contributed by atoms with E-state index in [9.17, 15) is 18.9 Å². The van der Waals surface area contributed by atoms with Crippen LogP contribution in [0.3, 0.4) is 0 Å². The van der Waals surface area contributed by atoms with Gasteiger partial charge in [0.05, 0.1) is 18.9 Å². The molecular weight excluding hydrogens is 338 g/mol. The van der Waals surface area contributed by atoms with Crippen LogP contribution >= 0.6 is 15.2 Å². The fraction of sp³-hybridized carbons (Fsp3) is 1.00. The van der Waals surface area contributed by atoms with Gasteiger partial charge in [0.15, 0.2) is 0 Å². The van der Waals surface area contributed by atoms with E-state index in [0.29, 0.717) is 6.61 Å². The van der Waals surface area contributed by atoms with Gasteiger partial charge >= 0.3 is 7.60 Å². The molecule has 0 aromatic heterocycles. The van der Waals surface area contributed by atoms with Gasteiger partial charge in [0, 0.05) is 5.66 Å². The molecule has 8 heteroatoms. The van der Waals surface area contributed by atoms with Crippen LogP contribution in [-0.2, 0) is 18.2 Å². The molecule has 2 unspecified atom stereocenters. The number of rotatable bonds is 14. The summed E-state index contributed by atoms with van der Waals surface area (Å²) in [6.07, 6.45) is 6.62. The van der Waals surface area contributed by atoms with Crippen molar-refractivity contribution < 1.29 is 28.0 Å². The van der Waals surface area contributed by atoms with Crippen molar-refractivity contribution in [3.63, 3.8) is 0 Å². The molecule has 140 valence electrons. The van der Waals surface area contributed by atoms with Crippen LogP contribution in [0.25, 0.3) is 0 Å². The highest BCUT2D eigenvalue weighted by Gasteiger charge is 2.23. The van der Waals surface area contributed by atoms with E-state index in [1.54, 1.807) is 27.7 Å². The summed E-state index contributed by atoms with van der Waals surface area (Å²) in [6, 6.07) is 0. The summed E-state index contributed by atoms with van der Waals surface area (Å²) in [5.41, 5.74) is -0.820. The van der Waals surface area contributed by atoms with Gasteiger partial charge < -0.3 is 23.4 Å². The topological polar surface area (TPSA) is 95.9 Å². The fourth-order valence-corrected chi connectivity index (χ4v) is 3.14. The number of unbranched alkanes of at least 4 members (excludes halogenated alkanes) is 6. The quantitative estimate of drug-likeness (QED) is 0.361. The molecule has 2 atom stereocenters. The molecule has 0 rings (SSSR count). The van der Waals surface area contributed by atoms with Crippen LogP contribution in [-0.4, -0.2) is 29.4 Å². The van der Waals surface area contributed by atoms with Crippen molar-refractivity contribution in [2.75, 3.05) is 13.2 Å². The van der Waals surface area contributed by atoms with E-state index in [2.05, 4.69) is 0 Å². The highest BCUT2D eigenvalue weighted by molar-refractivity contribution is 7.53. The summed E-state index contributed by atoms with van der Waals surface area (Å²) in [6.45, 7) is 7.19. The Morgan fingerprint density at radius 3 is 1.57 bits per heavy atom. The van der Waals surface area contributed by atoms with Gasteiger partial charge in [-0.15, -0.1) is 0 Å². The van der Waals surface area contributed by atoms with E-state index in [0.717, 1.165) is 44.9 Å². The van der Waals surface area contributed by atoms with Crippen LogP contribution in [0.15, 0.2) is 0 Å². The molecule has 0 aromatic carbocycles. The van der Waals surface area contributed by atoms with E-state index >= 15 is 0 Å². The van der Waals surface area contributed by atoms with Crippen LogP contribution in [0, 0.1) is 0 Å². The predicted octanol–water partition coefficient (Wildman–Crippen LogP) is 4.31. The molecule has 23 heavy (non-hydrogen) atoms. The Hall–Kier alpha value is 0.300. The Morgan fingerprint density at radius 2 is 1.17 bits per heavy atom. The average molecular weight is 371 g/mol. The van der Waals surface area contributed by atoms with E-state index in [4.69, 9.17) is 9.05 Å². The van der Waals surface area contributed by atoms with Gasteiger partial charge in [0.1, 0.15) is 7.60 Å². The van der Waals surface area contributed by atoms with Gasteiger partial charge in [0.2, 0.25) is 0 Å². The molecule has 0 aliphatic heterocycles. The summed E-state index contributed by atoms with van der Waals surface area (Å²) in [5, 5.41) is 0. The first-order valence-electron chi connectivity index (χ1n) is 8.52. The number of hydrogen-bond donors (Lipinski definition) is 1. The lowest BCUT2D eigenvalue weighted by Crippen LogP contribution is -2.14. The summed E-state index contributed by atoms with van der Waals surface area (Å²) in [5.74, 6) is 0. The van der Waals surface area contributed by atoms with Crippen molar-refractivity contribution in [2.45, 2.75) is 84.0 Å². The van der Waals surface area contributed by atoms with Crippen LogP contribution in [0.1, 0.15) is 72.6 Å². The Labute approximate surface area is 141 Å². The third-order valence-electron chi connectivity index (χ3n) is 3.62. The molecule has 0 aliphatic carbocycles. The average Bonchev–Trinajstić information content (AvgIpc) is 2.44. The maximum Gasteiger partial charge on any atom is 0.330 e. The molecule has 0 spiro atoms. The predicted molar refractivity (Wildman–Crippen MR) is 91.9 cm³/mol. The zero-order chi connectivity index (χ0) is 17.9. The highest BCUT2D eigenvalue weighted by Crippen LogP contribution is 2.47. The molecule has 0 fully saturated rings. The van der Waals surface area contributed by atoms with E-state index in [1.807, 2.05) is 0 Å². The van der Waals surface area contributed by atoms with Gasteiger partial charge in [-0.1, -0.05) is 59.8 Å². The SMILES string of the molecule is CC(C)P(=O)([O-])OCCCCCCCCCOP(=O)(O)C(C)C. The fourth-order valence-electron chi connectivity index (χ4n) is 1.77. The second-order valence-corrected chi connectivity index (χ2v) is 11.2. The van der Waals surface area contributed by atoms with Crippen molar-refractivity contribution in [1.82, 2.24) is 0 Å². The maximum atomic E-state index is 11.5. The summed E-state index contributed by atoms with van der Waals surface area (Å²) < 4.78 is 33.0. The van der Waals surface area contributed by atoms with Gasteiger partial charge in [-0.05, 0) is 12.8 Å². The molecule has 0 aromatic rings. The largest absolute Gasteiger partial charge is 0.778 e. The second kappa shape index (κ2) is 11.8. The van der Waals surface area contributed by atoms with E-state index < -0.39 is 20.9 Å². The molecule has 0 radical (unpaired) electrons. The molecule has 6 nitrogen and oxygen atoms in total. The van der Waals surface area contributed by atoms with Crippen LogP contribution < -0.4 is 4.89 Å². The lowest BCUT2D eigenvalue weighted by atomic mass is 10.1. The van der Waals surface area contributed by atoms with Gasteiger partial charge in [-0.25, -0.2) is 0 Å². The zero-order valence-electron chi connectivity index (χ0n) is 14.9. The van der Waals surface area contributed by atoms with E-state index in [-0.39, 0.29) is 12.3 Å². The molecule has 0 saturated heterocycles. The molecule has 0 heterocycles. The Balaban J connectivity index is 3.42. The van der Waals surface area contributed by atoms with Gasteiger partial charge in [-0.2, -0.15) is 0 Å². The van der Waals surface area contributed by atoms with Crippen molar-refractivity contribution in [2.24, 2.45) is 0 Å². The van der Waals surface area contributed by atoms with Gasteiger partial charge in [0.25, 0.3) is 0 Å². The molecule has 1 N–H and O–H groups in total. The lowest BCUT2D eigenvalue weighted by Gasteiger charge is -2.26. The molecule has 0 amide bonds. The standard InChI is InChI=1S/C15H34O6P2/c1-14(2)22(16,17)20-12-10-8-6-5-7-9-11-13-21-23(18,19)15(3)4/h14-15H,5-13H2,1-4H3,(H,16,17)(H,18,19)/p-1. The summed E-state index contributed by atoms with van der Waals surface area (Å²) in [7, 11) is -7.09. The first kappa shape index (κ1) is 23.3. The minimum atomic E-state index is -3.67. The first-order chi connectivity index (χ1) is 10.6. The normalized spacial score (nSPS) is 17.4. The van der Waals surface area contributed by atoms with Crippen LogP contribution in [0.4, 0.5) is 0 Å². The van der Waals surface area contributed by atoms with Crippen molar-refractivity contribution in [3.05, 3.63) is 0 Å². The second-order valence-electron chi connectivity index (χ2n) is 6.43. The summed E-state index contributed by atoms with van der Waals surface area (Å²) in [4.78, 5) is 20.9.